The fourth-order valence-electron chi connectivity index (χ4n) is 3.20. The lowest BCUT2D eigenvalue weighted by atomic mass is 9.94. The number of hydrogen-bond acceptors (Lipinski definition) is 3. The van der Waals surface area contributed by atoms with Gasteiger partial charge < -0.3 is 14.6 Å². The van der Waals surface area contributed by atoms with E-state index in [1.54, 1.807) is 12.1 Å². The SMILES string of the molecule is CCCc1c(C)[nH]c(-c2c(C)noc2C)c1-c1ccc(O)cc1. The van der Waals surface area contributed by atoms with Crippen molar-refractivity contribution in [1.29, 1.82) is 0 Å². The van der Waals surface area contributed by atoms with Gasteiger partial charge in [0.1, 0.15) is 11.5 Å². The molecule has 0 amide bonds. The van der Waals surface area contributed by atoms with Crippen LogP contribution in [0.1, 0.15) is 36.1 Å². The third kappa shape index (κ3) is 2.65. The monoisotopic (exact) mass is 310 g/mol. The lowest BCUT2D eigenvalue weighted by Crippen LogP contribution is -1.90. The zero-order chi connectivity index (χ0) is 16.6. The lowest BCUT2D eigenvalue weighted by Gasteiger charge is -2.08. The van der Waals surface area contributed by atoms with Crippen molar-refractivity contribution in [2.45, 2.75) is 40.5 Å². The zero-order valence-electron chi connectivity index (χ0n) is 14.0. The van der Waals surface area contributed by atoms with Gasteiger partial charge >= 0.3 is 0 Å². The van der Waals surface area contributed by atoms with Crippen LogP contribution < -0.4 is 0 Å². The molecule has 4 heteroatoms. The number of aromatic nitrogens is 2. The highest BCUT2D eigenvalue weighted by molar-refractivity contribution is 5.86. The molecule has 0 aliphatic heterocycles. The van der Waals surface area contributed by atoms with E-state index in [1.807, 2.05) is 26.0 Å². The van der Waals surface area contributed by atoms with Crippen LogP contribution in [0.15, 0.2) is 28.8 Å². The molecule has 2 aromatic heterocycles. The number of phenolic OH excluding ortho intramolecular Hbond substituents is 1. The Hall–Kier alpha value is -2.49. The first-order valence-corrected chi connectivity index (χ1v) is 7.97. The predicted octanol–water partition coefficient (Wildman–Crippen LogP) is 4.92. The van der Waals surface area contributed by atoms with Gasteiger partial charge in [-0.1, -0.05) is 30.6 Å². The van der Waals surface area contributed by atoms with Crippen molar-refractivity contribution in [3.63, 3.8) is 0 Å². The number of phenols is 1. The van der Waals surface area contributed by atoms with E-state index in [4.69, 9.17) is 4.52 Å². The number of aromatic amines is 1. The van der Waals surface area contributed by atoms with Crippen LogP contribution in [0, 0.1) is 20.8 Å². The second-order valence-corrected chi connectivity index (χ2v) is 5.97. The molecular weight excluding hydrogens is 288 g/mol. The van der Waals surface area contributed by atoms with Crippen molar-refractivity contribution in [2.75, 3.05) is 0 Å². The predicted molar refractivity (Wildman–Crippen MR) is 91.6 cm³/mol. The fourth-order valence-corrected chi connectivity index (χ4v) is 3.20. The summed E-state index contributed by atoms with van der Waals surface area (Å²) in [6, 6.07) is 7.37. The highest BCUT2D eigenvalue weighted by Crippen LogP contribution is 2.40. The summed E-state index contributed by atoms with van der Waals surface area (Å²) in [4.78, 5) is 3.53. The molecule has 3 rings (SSSR count). The fraction of sp³-hybridized carbons (Fsp3) is 0.316. The maximum Gasteiger partial charge on any atom is 0.143 e. The van der Waals surface area contributed by atoms with Gasteiger partial charge in [-0.3, -0.25) is 0 Å². The highest BCUT2D eigenvalue weighted by atomic mass is 16.5. The molecule has 0 bridgehead atoms. The molecular formula is C19H22N2O2. The molecule has 23 heavy (non-hydrogen) atoms. The molecule has 0 saturated carbocycles. The summed E-state index contributed by atoms with van der Waals surface area (Å²) < 4.78 is 5.36. The standard InChI is InChI=1S/C19H22N2O2/c1-5-6-16-11(2)20-19(17-12(3)21-23-13(17)4)18(16)14-7-9-15(22)10-8-14/h7-10,20,22H,5-6H2,1-4H3. The summed E-state index contributed by atoms with van der Waals surface area (Å²) in [6.07, 6.45) is 2.08. The van der Waals surface area contributed by atoms with Crippen LogP contribution in [0.5, 0.6) is 5.75 Å². The maximum absolute atomic E-state index is 9.59. The molecule has 1 aromatic carbocycles. The van der Waals surface area contributed by atoms with Crippen LogP contribution >= 0.6 is 0 Å². The minimum Gasteiger partial charge on any atom is -0.508 e. The van der Waals surface area contributed by atoms with Crippen LogP contribution in [0.25, 0.3) is 22.4 Å². The second-order valence-electron chi connectivity index (χ2n) is 5.97. The first-order chi connectivity index (χ1) is 11.0. The molecule has 0 atom stereocenters. The van der Waals surface area contributed by atoms with Gasteiger partial charge in [0.2, 0.25) is 0 Å². The molecule has 0 radical (unpaired) electrons. The van der Waals surface area contributed by atoms with Gasteiger partial charge in [-0.25, -0.2) is 0 Å². The minimum atomic E-state index is 0.275. The Labute approximate surface area is 136 Å². The number of rotatable bonds is 4. The van der Waals surface area contributed by atoms with Gasteiger partial charge in [0.25, 0.3) is 0 Å². The molecule has 120 valence electrons. The van der Waals surface area contributed by atoms with E-state index in [-0.39, 0.29) is 5.75 Å². The normalized spacial score (nSPS) is 11.1. The van der Waals surface area contributed by atoms with E-state index in [0.717, 1.165) is 41.1 Å². The Bertz CT molecular complexity index is 806. The average molecular weight is 310 g/mol. The highest BCUT2D eigenvalue weighted by Gasteiger charge is 2.22. The number of aryl methyl sites for hydroxylation is 3. The van der Waals surface area contributed by atoms with E-state index in [2.05, 4.69) is 24.0 Å². The van der Waals surface area contributed by atoms with Gasteiger partial charge in [-0.05, 0) is 50.5 Å². The summed E-state index contributed by atoms with van der Waals surface area (Å²) in [6.45, 7) is 8.19. The number of aromatic hydroxyl groups is 1. The Morgan fingerprint density at radius 3 is 2.35 bits per heavy atom. The zero-order valence-corrected chi connectivity index (χ0v) is 14.0. The first kappa shape index (κ1) is 15.4. The van der Waals surface area contributed by atoms with E-state index >= 15 is 0 Å². The minimum absolute atomic E-state index is 0.275. The van der Waals surface area contributed by atoms with Gasteiger partial charge in [0, 0.05) is 11.3 Å². The summed E-state index contributed by atoms with van der Waals surface area (Å²) in [5.41, 5.74) is 7.71. The first-order valence-electron chi connectivity index (χ1n) is 7.97. The summed E-state index contributed by atoms with van der Waals surface area (Å²) in [5.74, 6) is 1.09. The Balaban J connectivity index is 2.28. The Morgan fingerprint density at radius 1 is 1.09 bits per heavy atom. The van der Waals surface area contributed by atoms with E-state index in [0.29, 0.717) is 0 Å². The van der Waals surface area contributed by atoms with Crippen molar-refractivity contribution in [3.05, 3.63) is 47.0 Å². The number of hydrogen-bond donors (Lipinski definition) is 2. The largest absolute Gasteiger partial charge is 0.508 e. The molecule has 4 nitrogen and oxygen atoms in total. The Kier molecular flexibility index (Phi) is 3.99. The van der Waals surface area contributed by atoms with Crippen molar-refractivity contribution in [2.24, 2.45) is 0 Å². The summed E-state index contributed by atoms with van der Waals surface area (Å²) in [7, 11) is 0. The maximum atomic E-state index is 9.59. The molecule has 3 aromatic rings. The molecule has 0 saturated heterocycles. The molecule has 0 aliphatic rings. The second kappa shape index (κ2) is 5.95. The molecule has 0 fully saturated rings. The van der Waals surface area contributed by atoms with E-state index in [1.165, 1.54) is 16.8 Å². The quantitative estimate of drug-likeness (QED) is 0.719. The molecule has 0 spiro atoms. The molecule has 2 N–H and O–H groups in total. The van der Waals surface area contributed by atoms with Crippen molar-refractivity contribution in [3.8, 4) is 28.1 Å². The van der Waals surface area contributed by atoms with Gasteiger partial charge in [-0.2, -0.15) is 0 Å². The van der Waals surface area contributed by atoms with E-state index in [9.17, 15) is 5.11 Å². The number of benzene rings is 1. The van der Waals surface area contributed by atoms with Crippen LogP contribution in [0.4, 0.5) is 0 Å². The van der Waals surface area contributed by atoms with Gasteiger partial charge in [0.05, 0.1) is 17.0 Å². The molecule has 0 aliphatic carbocycles. The van der Waals surface area contributed by atoms with Crippen LogP contribution in [-0.2, 0) is 6.42 Å². The van der Waals surface area contributed by atoms with Crippen LogP contribution in [0.3, 0.4) is 0 Å². The van der Waals surface area contributed by atoms with Crippen molar-refractivity contribution < 1.29 is 9.63 Å². The van der Waals surface area contributed by atoms with Crippen molar-refractivity contribution >= 4 is 0 Å². The van der Waals surface area contributed by atoms with Crippen LogP contribution in [0.2, 0.25) is 0 Å². The third-order valence-corrected chi connectivity index (χ3v) is 4.26. The van der Waals surface area contributed by atoms with Gasteiger partial charge in [0.15, 0.2) is 0 Å². The van der Waals surface area contributed by atoms with Gasteiger partial charge in [-0.15, -0.1) is 0 Å². The molecule has 0 unspecified atom stereocenters. The smallest absolute Gasteiger partial charge is 0.143 e. The summed E-state index contributed by atoms with van der Waals surface area (Å²) >= 11 is 0. The van der Waals surface area contributed by atoms with Crippen LogP contribution in [-0.4, -0.2) is 15.2 Å². The number of H-pyrrole nitrogens is 1. The lowest BCUT2D eigenvalue weighted by molar-refractivity contribution is 0.393. The van der Waals surface area contributed by atoms with Crippen molar-refractivity contribution in [1.82, 2.24) is 10.1 Å². The van der Waals surface area contributed by atoms with E-state index < -0.39 is 0 Å². The summed E-state index contributed by atoms with van der Waals surface area (Å²) in [5, 5.41) is 13.7. The Morgan fingerprint density at radius 2 is 1.78 bits per heavy atom. The number of nitrogens with one attached hydrogen (secondary N) is 1. The topological polar surface area (TPSA) is 62.0 Å². The number of nitrogens with zero attached hydrogens (tertiary/aromatic N) is 1. The average Bonchev–Trinajstić information content (AvgIpc) is 3.01. The third-order valence-electron chi connectivity index (χ3n) is 4.26. The molecule has 2 heterocycles.